The Bertz CT molecular complexity index is 355. The number of aryl methyl sites for hydroxylation is 2. The van der Waals surface area contributed by atoms with Crippen LogP contribution in [0.5, 0.6) is 0 Å². The number of hydrogen-bond acceptors (Lipinski definition) is 3. The topological polar surface area (TPSA) is 43.8 Å². The lowest BCUT2D eigenvalue weighted by molar-refractivity contribution is 0.590. The first kappa shape index (κ1) is 14.1. The summed E-state index contributed by atoms with van der Waals surface area (Å²) in [6, 6.07) is 0. The van der Waals surface area contributed by atoms with Crippen molar-refractivity contribution in [1.29, 1.82) is 0 Å². The fourth-order valence-corrected chi connectivity index (χ4v) is 3.14. The molecule has 1 aromatic rings. The second kappa shape index (κ2) is 5.56. The van der Waals surface area contributed by atoms with Crippen molar-refractivity contribution in [3.05, 3.63) is 15.9 Å². The molecular formula is C11H20BrN3S. The van der Waals surface area contributed by atoms with Gasteiger partial charge < -0.3 is 5.73 Å². The van der Waals surface area contributed by atoms with Gasteiger partial charge in [-0.2, -0.15) is 16.9 Å². The Morgan fingerprint density at radius 3 is 2.62 bits per heavy atom. The third kappa shape index (κ3) is 3.79. The normalized spacial score (nSPS) is 12.1. The second-order valence-corrected chi connectivity index (χ2v) is 6.42. The van der Waals surface area contributed by atoms with E-state index in [1.165, 1.54) is 5.69 Å². The van der Waals surface area contributed by atoms with Crippen LogP contribution in [0.4, 0.5) is 0 Å². The number of hydrogen-bond donors (Lipinski definition) is 1. The number of nitrogens with two attached hydrogens (primary N) is 1. The minimum absolute atomic E-state index is 0.108. The summed E-state index contributed by atoms with van der Waals surface area (Å²) in [7, 11) is 0. The summed E-state index contributed by atoms with van der Waals surface area (Å²) in [6.45, 7) is 9.15. The number of halogens is 1. The van der Waals surface area contributed by atoms with Crippen molar-refractivity contribution in [1.82, 2.24) is 9.78 Å². The van der Waals surface area contributed by atoms with Gasteiger partial charge in [0.2, 0.25) is 0 Å². The van der Waals surface area contributed by atoms with E-state index in [0.717, 1.165) is 28.2 Å². The molecule has 0 unspecified atom stereocenters. The highest BCUT2D eigenvalue weighted by Crippen LogP contribution is 2.26. The monoisotopic (exact) mass is 305 g/mol. The average Bonchev–Trinajstić information content (AvgIpc) is 2.43. The summed E-state index contributed by atoms with van der Waals surface area (Å²) in [5, 5.41) is 4.47. The van der Waals surface area contributed by atoms with Crippen LogP contribution in [0.2, 0.25) is 0 Å². The molecule has 0 fully saturated rings. The first-order valence-corrected chi connectivity index (χ1v) is 7.38. The first-order chi connectivity index (χ1) is 7.35. The Balaban J connectivity index is 2.66. The molecule has 1 rings (SSSR count). The number of aromatic nitrogens is 2. The highest BCUT2D eigenvalue weighted by atomic mass is 79.9. The molecule has 0 spiro atoms. The molecular weight excluding hydrogens is 286 g/mol. The predicted molar refractivity (Wildman–Crippen MR) is 74.8 cm³/mol. The van der Waals surface area contributed by atoms with E-state index < -0.39 is 0 Å². The lowest BCUT2D eigenvalue weighted by Crippen LogP contribution is -2.34. The van der Waals surface area contributed by atoms with Crippen molar-refractivity contribution in [2.75, 3.05) is 5.75 Å². The third-order valence-corrected chi connectivity index (χ3v) is 4.62. The van der Waals surface area contributed by atoms with E-state index in [0.29, 0.717) is 0 Å². The maximum Gasteiger partial charge on any atom is 0.0739 e. The van der Waals surface area contributed by atoms with Gasteiger partial charge >= 0.3 is 0 Å². The van der Waals surface area contributed by atoms with E-state index in [2.05, 4.69) is 46.5 Å². The van der Waals surface area contributed by atoms with Crippen LogP contribution in [0.3, 0.4) is 0 Å². The van der Waals surface area contributed by atoms with E-state index in [1.807, 2.05) is 18.7 Å². The molecule has 1 aromatic heterocycles. The zero-order valence-corrected chi connectivity index (χ0v) is 12.8. The van der Waals surface area contributed by atoms with Crippen LogP contribution < -0.4 is 5.73 Å². The Morgan fingerprint density at radius 1 is 1.50 bits per heavy atom. The minimum Gasteiger partial charge on any atom is -0.325 e. The number of rotatable bonds is 5. The largest absolute Gasteiger partial charge is 0.325 e. The molecule has 0 aromatic carbocycles. The molecule has 92 valence electrons. The summed E-state index contributed by atoms with van der Waals surface area (Å²) in [5.74, 6) is 1.91. The van der Waals surface area contributed by atoms with Gasteiger partial charge in [0, 0.05) is 23.6 Å². The molecule has 2 N–H and O–H groups in total. The van der Waals surface area contributed by atoms with Crippen molar-refractivity contribution >= 4 is 27.7 Å². The second-order valence-electron chi connectivity index (χ2n) is 4.64. The summed E-state index contributed by atoms with van der Waals surface area (Å²) in [4.78, 5) is 0. The molecule has 5 heteroatoms. The summed E-state index contributed by atoms with van der Waals surface area (Å²) < 4.78 is 3.19. The molecule has 0 amide bonds. The quantitative estimate of drug-likeness (QED) is 0.909. The van der Waals surface area contributed by atoms with Crippen LogP contribution >= 0.6 is 27.7 Å². The average molecular weight is 306 g/mol. The molecule has 0 aliphatic carbocycles. The van der Waals surface area contributed by atoms with Gasteiger partial charge in [-0.05, 0) is 43.6 Å². The van der Waals surface area contributed by atoms with Crippen LogP contribution in [0.15, 0.2) is 4.47 Å². The Morgan fingerprint density at radius 2 is 2.12 bits per heavy atom. The SMILES string of the molecule is CCn1nc(C)c(Br)c1CSCC(C)(C)N. The molecule has 3 nitrogen and oxygen atoms in total. The third-order valence-electron chi connectivity index (χ3n) is 2.17. The molecule has 0 atom stereocenters. The van der Waals surface area contributed by atoms with Crippen LogP contribution in [-0.2, 0) is 12.3 Å². The van der Waals surface area contributed by atoms with E-state index in [-0.39, 0.29) is 5.54 Å². The Kier molecular flexibility index (Phi) is 4.88. The molecule has 0 radical (unpaired) electrons. The van der Waals surface area contributed by atoms with Crippen LogP contribution in [-0.4, -0.2) is 21.1 Å². The summed E-state index contributed by atoms with van der Waals surface area (Å²) in [5.41, 5.74) is 8.17. The number of thioether (sulfide) groups is 1. The van der Waals surface area contributed by atoms with Crippen LogP contribution in [0.1, 0.15) is 32.2 Å². The molecule has 0 saturated heterocycles. The van der Waals surface area contributed by atoms with Crippen LogP contribution in [0.25, 0.3) is 0 Å². The molecule has 0 saturated carbocycles. The maximum absolute atomic E-state index is 5.96. The molecule has 1 heterocycles. The van der Waals surface area contributed by atoms with Crippen molar-refractivity contribution in [3.63, 3.8) is 0 Å². The lowest BCUT2D eigenvalue weighted by Gasteiger charge is -2.17. The molecule has 0 aliphatic rings. The number of nitrogens with zero attached hydrogens (tertiary/aromatic N) is 2. The van der Waals surface area contributed by atoms with Gasteiger partial charge in [0.15, 0.2) is 0 Å². The van der Waals surface area contributed by atoms with Crippen molar-refractivity contribution in [3.8, 4) is 0 Å². The van der Waals surface area contributed by atoms with Gasteiger partial charge in [0.1, 0.15) is 0 Å². The zero-order valence-electron chi connectivity index (χ0n) is 10.4. The Labute approximate surface area is 110 Å². The smallest absolute Gasteiger partial charge is 0.0739 e. The zero-order chi connectivity index (χ0) is 12.3. The highest BCUT2D eigenvalue weighted by molar-refractivity contribution is 9.10. The van der Waals surface area contributed by atoms with E-state index in [4.69, 9.17) is 5.73 Å². The van der Waals surface area contributed by atoms with E-state index in [1.54, 1.807) is 0 Å². The Hall–Kier alpha value is -0.0000000000000000763. The molecule has 0 bridgehead atoms. The molecule has 16 heavy (non-hydrogen) atoms. The first-order valence-electron chi connectivity index (χ1n) is 5.43. The maximum atomic E-state index is 5.96. The van der Waals surface area contributed by atoms with Crippen molar-refractivity contribution in [2.45, 2.75) is 45.5 Å². The predicted octanol–water partition coefficient (Wildman–Crippen LogP) is 2.94. The van der Waals surface area contributed by atoms with Gasteiger partial charge in [0.05, 0.1) is 15.9 Å². The van der Waals surface area contributed by atoms with Gasteiger partial charge in [-0.3, -0.25) is 4.68 Å². The van der Waals surface area contributed by atoms with Crippen LogP contribution in [0, 0.1) is 6.92 Å². The van der Waals surface area contributed by atoms with Crippen molar-refractivity contribution in [2.24, 2.45) is 5.73 Å². The lowest BCUT2D eigenvalue weighted by atomic mass is 10.1. The van der Waals surface area contributed by atoms with Gasteiger partial charge in [-0.25, -0.2) is 0 Å². The van der Waals surface area contributed by atoms with Crippen molar-refractivity contribution < 1.29 is 0 Å². The van der Waals surface area contributed by atoms with E-state index >= 15 is 0 Å². The highest BCUT2D eigenvalue weighted by Gasteiger charge is 2.14. The fourth-order valence-electron chi connectivity index (χ4n) is 1.42. The minimum atomic E-state index is -0.108. The fraction of sp³-hybridized carbons (Fsp3) is 0.727. The summed E-state index contributed by atoms with van der Waals surface area (Å²) >= 11 is 5.45. The standard InChI is InChI=1S/C11H20BrN3S/c1-5-15-9(10(12)8(2)14-15)6-16-7-11(3,4)13/h5-7,13H2,1-4H3. The molecule has 0 aliphatic heterocycles. The van der Waals surface area contributed by atoms with Gasteiger partial charge in [-0.15, -0.1) is 0 Å². The van der Waals surface area contributed by atoms with Gasteiger partial charge in [-0.1, -0.05) is 0 Å². The van der Waals surface area contributed by atoms with E-state index in [9.17, 15) is 0 Å². The van der Waals surface area contributed by atoms with Gasteiger partial charge in [0.25, 0.3) is 0 Å². The summed E-state index contributed by atoms with van der Waals surface area (Å²) in [6.07, 6.45) is 0.